The summed E-state index contributed by atoms with van der Waals surface area (Å²) in [4.78, 5) is 14.9. The zero-order chi connectivity index (χ0) is 14.9. The minimum absolute atomic E-state index is 0.0225. The first-order chi connectivity index (χ1) is 9.29. The summed E-state index contributed by atoms with van der Waals surface area (Å²) in [5.74, 6) is -1.15. The van der Waals surface area contributed by atoms with Gasteiger partial charge >= 0.3 is 5.97 Å². The van der Waals surface area contributed by atoms with Crippen molar-refractivity contribution in [3.05, 3.63) is 39.4 Å². The summed E-state index contributed by atoms with van der Waals surface area (Å²) in [6.45, 7) is 1.70. The molecule has 0 aliphatic heterocycles. The van der Waals surface area contributed by atoms with E-state index in [4.69, 9.17) is 5.11 Å². The van der Waals surface area contributed by atoms with Gasteiger partial charge in [0.1, 0.15) is 0 Å². The van der Waals surface area contributed by atoms with Gasteiger partial charge in [0.25, 0.3) is 10.0 Å². The summed E-state index contributed by atoms with van der Waals surface area (Å²) in [5.41, 5.74) is 0.155. The van der Waals surface area contributed by atoms with E-state index in [0.29, 0.717) is 9.48 Å². The largest absolute Gasteiger partial charge is 0.478 e. The van der Waals surface area contributed by atoms with Crippen molar-refractivity contribution in [2.45, 2.75) is 11.1 Å². The predicted octanol–water partition coefficient (Wildman–Crippen LogP) is 2.71. The number of benzene rings is 1. The zero-order valence-corrected chi connectivity index (χ0v) is 13.3. The molecule has 2 rings (SSSR count). The highest BCUT2D eigenvalue weighted by molar-refractivity contribution is 9.10. The minimum Gasteiger partial charge on any atom is -0.478 e. The second-order valence-corrected chi connectivity index (χ2v) is 7.80. The third kappa shape index (κ3) is 3.17. The molecule has 0 saturated heterocycles. The first-order valence-electron chi connectivity index (χ1n) is 5.28. The van der Waals surface area contributed by atoms with Gasteiger partial charge in [0.15, 0.2) is 4.21 Å². The Morgan fingerprint density at radius 1 is 1.45 bits per heavy atom. The quantitative estimate of drug-likeness (QED) is 0.854. The van der Waals surface area contributed by atoms with E-state index in [2.05, 4.69) is 25.6 Å². The second kappa shape index (κ2) is 5.51. The molecule has 2 N–H and O–H groups in total. The van der Waals surface area contributed by atoms with Crippen molar-refractivity contribution >= 4 is 48.9 Å². The number of sulfonamides is 1. The number of aryl methyl sites for hydroxylation is 1. The maximum Gasteiger partial charge on any atom is 0.336 e. The van der Waals surface area contributed by atoms with Crippen LogP contribution in [0.25, 0.3) is 0 Å². The Kier molecular flexibility index (Phi) is 4.11. The maximum atomic E-state index is 12.1. The first kappa shape index (κ1) is 14.9. The first-order valence-corrected chi connectivity index (χ1v) is 8.37. The average Bonchev–Trinajstić information content (AvgIpc) is 2.78. The third-order valence-corrected chi connectivity index (χ3v) is 5.76. The van der Waals surface area contributed by atoms with Crippen LogP contribution in [0.4, 0.5) is 5.69 Å². The molecular weight excluding hydrogens is 368 g/mol. The van der Waals surface area contributed by atoms with E-state index in [9.17, 15) is 13.2 Å². The van der Waals surface area contributed by atoms with E-state index in [-0.39, 0.29) is 15.5 Å². The Balaban J connectivity index is 2.35. The standard InChI is InChI=1S/C11H9BrN2O4S2/c1-6-13-5-10(19-6)20(17,18)14-7-2-3-9(12)8(4-7)11(15)16/h2-5,14H,1H3,(H,15,16). The Morgan fingerprint density at radius 3 is 2.70 bits per heavy atom. The SMILES string of the molecule is Cc1ncc(S(=O)(=O)Nc2ccc(Br)c(C(=O)O)c2)s1. The highest BCUT2D eigenvalue weighted by Crippen LogP contribution is 2.25. The molecular formula is C11H9BrN2O4S2. The van der Waals surface area contributed by atoms with E-state index in [0.717, 1.165) is 11.3 Å². The fourth-order valence-corrected chi connectivity index (χ4v) is 4.00. The monoisotopic (exact) mass is 376 g/mol. The molecule has 9 heteroatoms. The molecule has 0 fully saturated rings. The summed E-state index contributed by atoms with van der Waals surface area (Å²) in [5, 5.41) is 9.63. The van der Waals surface area contributed by atoms with Crippen molar-refractivity contribution in [2.75, 3.05) is 4.72 Å². The van der Waals surface area contributed by atoms with Crippen LogP contribution in [0.1, 0.15) is 15.4 Å². The Hall–Kier alpha value is -1.45. The van der Waals surface area contributed by atoms with Crippen molar-refractivity contribution in [2.24, 2.45) is 0 Å². The van der Waals surface area contributed by atoms with Crippen LogP contribution < -0.4 is 4.72 Å². The van der Waals surface area contributed by atoms with Gasteiger partial charge in [-0.15, -0.1) is 11.3 Å². The number of hydrogen-bond acceptors (Lipinski definition) is 5. The molecule has 0 radical (unpaired) electrons. The number of aromatic carboxylic acids is 1. The Morgan fingerprint density at radius 2 is 2.15 bits per heavy atom. The van der Waals surface area contributed by atoms with Crippen molar-refractivity contribution < 1.29 is 18.3 Å². The summed E-state index contributed by atoms with van der Waals surface area (Å²) in [6.07, 6.45) is 1.26. The van der Waals surface area contributed by atoms with Crippen molar-refractivity contribution in [3.63, 3.8) is 0 Å². The van der Waals surface area contributed by atoms with Gasteiger partial charge in [0.05, 0.1) is 16.8 Å². The number of carboxylic acid groups (broad SMARTS) is 1. The number of thiazole rings is 1. The number of aromatic nitrogens is 1. The average molecular weight is 377 g/mol. The van der Waals surface area contributed by atoms with E-state index in [1.165, 1.54) is 24.4 Å². The van der Waals surface area contributed by atoms with Crippen molar-refractivity contribution in [3.8, 4) is 0 Å². The van der Waals surface area contributed by atoms with Crippen LogP contribution in [0.15, 0.2) is 33.1 Å². The number of halogens is 1. The number of hydrogen-bond donors (Lipinski definition) is 2. The molecule has 0 atom stereocenters. The molecule has 0 spiro atoms. The van der Waals surface area contributed by atoms with Gasteiger partial charge in [-0.25, -0.2) is 18.2 Å². The molecule has 2 aromatic rings. The van der Waals surface area contributed by atoms with Crippen molar-refractivity contribution in [1.29, 1.82) is 0 Å². The van der Waals surface area contributed by atoms with Crippen LogP contribution in [-0.2, 0) is 10.0 Å². The Labute approximate surface area is 127 Å². The Bertz CT molecular complexity index is 770. The number of anilines is 1. The lowest BCUT2D eigenvalue weighted by Gasteiger charge is -2.07. The lowest BCUT2D eigenvalue weighted by molar-refractivity contribution is 0.0696. The number of rotatable bonds is 4. The molecule has 0 aliphatic carbocycles. The smallest absolute Gasteiger partial charge is 0.336 e. The highest BCUT2D eigenvalue weighted by Gasteiger charge is 2.18. The summed E-state index contributed by atoms with van der Waals surface area (Å²) < 4.78 is 26.9. The fourth-order valence-electron chi connectivity index (χ4n) is 1.42. The molecule has 20 heavy (non-hydrogen) atoms. The second-order valence-electron chi connectivity index (χ2n) is 3.80. The molecule has 0 unspecified atom stereocenters. The number of carbonyl (C=O) groups is 1. The van der Waals surface area contributed by atoms with Crippen LogP contribution >= 0.6 is 27.3 Å². The maximum absolute atomic E-state index is 12.1. The summed E-state index contributed by atoms with van der Waals surface area (Å²) in [7, 11) is -3.75. The molecule has 6 nitrogen and oxygen atoms in total. The van der Waals surface area contributed by atoms with Gasteiger partial charge < -0.3 is 5.11 Å². The summed E-state index contributed by atoms with van der Waals surface area (Å²) in [6, 6.07) is 4.19. The van der Waals surface area contributed by atoms with Gasteiger partial charge in [0.2, 0.25) is 0 Å². The normalized spacial score (nSPS) is 11.3. The predicted molar refractivity (Wildman–Crippen MR) is 78.8 cm³/mol. The highest BCUT2D eigenvalue weighted by atomic mass is 79.9. The van der Waals surface area contributed by atoms with Gasteiger partial charge in [-0.05, 0) is 41.1 Å². The van der Waals surface area contributed by atoms with Crippen molar-refractivity contribution in [1.82, 2.24) is 4.98 Å². The van der Waals surface area contributed by atoms with Gasteiger partial charge in [-0.2, -0.15) is 0 Å². The molecule has 1 aromatic carbocycles. The lowest BCUT2D eigenvalue weighted by atomic mass is 10.2. The molecule has 1 aromatic heterocycles. The molecule has 0 saturated carbocycles. The van der Waals surface area contributed by atoms with Crippen LogP contribution in [0, 0.1) is 6.92 Å². The minimum atomic E-state index is -3.75. The number of carboxylic acids is 1. The zero-order valence-electron chi connectivity index (χ0n) is 10.1. The third-order valence-electron chi connectivity index (χ3n) is 2.31. The van der Waals surface area contributed by atoms with Crippen LogP contribution in [-0.4, -0.2) is 24.5 Å². The van der Waals surface area contributed by atoms with E-state index >= 15 is 0 Å². The summed E-state index contributed by atoms with van der Waals surface area (Å²) >= 11 is 4.13. The van der Waals surface area contributed by atoms with E-state index in [1.54, 1.807) is 6.92 Å². The molecule has 0 bridgehead atoms. The van der Waals surface area contributed by atoms with Gasteiger partial charge in [0, 0.05) is 10.2 Å². The fraction of sp³-hybridized carbons (Fsp3) is 0.0909. The van der Waals surface area contributed by atoms with Gasteiger partial charge in [-0.3, -0.25) is 4.72 Å². The molecule has 1 heterocycles. The van der Waals surface area contributed by atoms with Crippen LogP contribution in [0.3, 0.4) is 0 Å². The number of nitrogens with zero attached hydrogens (tertiary/aromatic N) is 1. The van der Waals surface area contributed by atoms with E-state index < -0.39 is 16.0 Å². The topological polar surface area (TPSA) is 96.4 Å². The number of nitrogens with one attached hydrogen (secondary N) is 1. The van der Waals surface area contributed by atoms with E-state index in [1.807, 2.05) is 0 Å². The van der Waals surface area contributed by atoms with Crippen LogP contribution in [0.5, 0.6) is 0 Å². The van der Waals surface area contributed by atoms with Crippen LogP contribution in [0.2, 0.25) is 0 Å². The lowest BCUT2D eigenvalue weighted by Crippen LogP contribution is -2.12. The molecule has 106 valence electrons. The molecule has 0 amide bonds. The molecule has 0 aliphatic rings. The van der Waals surface area contributed by atoms with Gasteiger partial charge in [-0.1, -0.05) is 0 Å².